The number of nitrogens with zero attached hydrogens (tertiary/aromatic N) is 6. The van der Waals surface area contributed by atoms with Gasteiger partial charge in [-0.15, -0.1) is 0 Å². The number of alkyl halides is 3. The molecule has 0 spiro atoms. The minimum Gasteiger partial charge on any atom is -0.369 e. The average molecular weight is 655 g/mol. The number of carbonyl (C=O) groups is 1. The first-order valence-electron chi connectivity index (χ1n) is 17.7. The number of hydrogen-bond donors (Lipinski definition) is 2. The Labute approximate surface area is 276 Å². The molecule has 2 saturated carbocycles. The third-order valence-corrected chi connectivity index (χ3v) is 11.1. The maximum Gasteiger partial charge on any atom is 0.421 e. The molecule has 3 saturated heterocycles. The van der Waals surface area contributed by atoms with E-state index in [1.54, 1.807) is 0 Å². The fraction of sp³-hybridized carbons (Fsp3) is 0.686. The molecule has 1 amide bonds. The molecule has 5 fully saturated rings. The van der Waals surface area contributed by atoms with E-state index in [-0.39, 0.29) is 23.1 Å². The van der Waals surface area contributed by atoms with Crippen molar-refractivity contribution in [1.29, 1.82) is 0 Å². The monoisotopic (exact) mass is 654 g/mol. The lowest BCUT2D eigenvalue weighted by atomic mass is 10.0. The van der Waals surface area contributed by atoms with Crippen molar-refractivity contribution in [2.45, 2.75) is 82.3 Å². The van der Waals surface area contributed by atoms with Crippen molar-refractivity contribution in [3.05, 3.63) is 35.5 Å². The van der Waals surface area contributed by atoms with Gasteiger partial charge in [-0.1, -0.05) is 6.42 Å². The number of aromatic nitrogens is 2. The largest absolute Gasteiger partial charge is 0.421 e. The van der Waals surface area contributed by atoms with Crippen LogP contribution in [-0.2, 0) is 11.0 Å². The van der Waals surface area contributed by atoms with E-state index in [4.69, 9.17) is 0 Å². The summed E-state index contributed by atoms with van der Waals surface area (Å²) in [5, 5.41) is 6.31. The van der Waals surface area contributed by atoms with E-state index in [0.717, 1.165) is 89.6 Å². The number of piperazine rings is 1. The summed E-state index contributed by atoms with van der Waals surface area (Å²) in [7, 11) is 2.20. The molecular formula is C35H49F3N8O. The quantitative estimate of drug-likeness (QED) is 0.327. The first kappa shape index (κ1) is 32.4. The van der Waals surface area contributed by atoms with Crippen molar-refractivity contribution >= 4 is 29.0 Å². The number of halogens is 3. The highest BCUT2D eigenvalue weighted by Crippen LogP contribution is 2.48. The highest BCUT2D eigenvalue weighted by molar-refractivity contribution is 5.76. The standard InChI is InChI=1S/C35H49F3N8O/c1-43-15-10-26(11-16-43)44-17-19-45(20-18-44)27-8-9-30(28(21-27)25-6-7-25)41-33-39-22-29(35(36,37)38)32(42-33)40-23-34(12-13-34)24-46-14-4-2-3-5-31(46)47/h8-9,21-22,25-26H,2-7,10-20,23-24H2,1H3,(H2,39,40,41,42). The number of amides is 1. The molecule has 0 unspecified atom stereocenters. The maximum absolute atomic E-state index is 14.1. The Kier molecular flexibility index (Phi) is 9.25. The number of hydrogen-bond acceptors (Lipinski definition) is 8. The van der Waals surface area contributed by atoms with Crippen molar-refractivity contribution in [3.63, 3.8) is 0 Å². The summed E-state index contributed by atoms with van der Waals surface area (Å²) in [6.45, 7) is 8.12. The molecule has 1 aromatic heterocycles. The number of anilines is 4. The zero-order valence-electron chi connectivity index (χ0n) is 27.6. The Hall–Kier alpha value is -3.12. The lowest BCUT2D eigenvalue weighted by molar-refractivity contribution is -0.137. The number of carbonyl (C=O) groups excluding carboxylic acids is 1. The Morgan fingerprint density at radius 3 is 2.43 bits per heavy atom. The van der Waals surface area contributed by atoms with Gasteiger partial charge in [-0.2, -0.15) is 18.2 Å². The van der Waals surface area contributed by atoms with Gasteiger partial charge in [0.05, 0.1) is 0 Å². The van der Waals surface area contributed by atoms with Crippen LogP contribution in [0.5, 0.6) is 0 Å². The maximum atomic E-state index is 14.1. The van der Waals surface area contributed by atoms with Crippen LogP contribution in [0.4, 0.5) is 36.3 Å². The Balaban J connectivity index is 1.03. The highest BCUT2D eigenvalue weighted by atomic mass is 19.4. The molecule has 256 valence electrons. The highest BCUT2D eigenvalue weighted by Gasteiger charge is 2.45. The van der Waals surface area contributed by atoms with Gasteiger partial charge < -0.3 is 25.3 Å². The van der Waals surface area contributed by atoms with Gasteiger partial charge in [-0.3, -0.25) is 9.69 Å². The Morgan fingerprint density at radius 1 is 0.957 bits per heavy atom. The predicted molar refractivity (Wildman–Crippen MR) is 178 cm³/mol. The van der Waals surface area contributed by atoms with Crippen LogP contribution < -0.4 is 15.5 Å². The second-order valence-corrected chi connectivity index (χ2v) is 14.7. The summed E-state index contributed by atoms with van der Waals surface area (Å²) in [6.07, 6.45) is 6.23. The van der Waals surface area contributed by atoms with Crippen molar-refractivity contribution in [2.75, 3.05) is 81.5 Å². The van der Waals surface area contributed by atoms with E-state index in [0.29, 0.717) is 31.5 Å². The normalized spacial score (nSPS) is 23.1. The molecule has 2 aliphatic carbocycles. The predicted octanol–water partition coefficient (Wildman–Crippen LogP) is 5.93. The summed E-state index contributed by atoms with van der Waals surface area (Å²) < 4.78 is 42.2. The van der Waals surface area contributed by atoms with Gasteiger partial charge in [0.15, 0.2) is 0 Å². The molecule has 12 heteroatoms. The van der Waals surface area contributed by atoms with E-state index in [2.05, 4.69) is 54.5 Å². The summed E-state index contributed by atoms with van der Waals surface area (Å²) in [4.78, 5) is 30.5. The molecular weight excluding hydrogens is 605 g/mol. The summed E-state index contributed by atoms with van der Waals surface area (Å²) in [5.41, 5.74) is 2.15. The number of nitrogens with one attached hydrogen (secondary N) is 2. The third-order valence-electron chi connectivity index (χ3n) is 11.1. The smallest absolute Gasteiger partial charge is 0.369 e. The molecule has 1 aromatic carbocycles. The van der Waals surface area contributed by atoms with E-state index in [9.17, 15) is 18.0 Å². The minimum atomic E-state index is -4.59. The molecule has 0 radical (unpaired) electrons. The zero-order valence-corrected chi connectivity index (χ0v) is 27.6. The zero-order chi connectivity index (χ0) is 32.6. The molecule has 4 heterocycles. The molecule has 0 bridgehead atoms. The van der Waals surface area contributed by atoms with Crippen LogP contribution in [0.2, 0.25) is 0 Å². The molecule has 3 aliphatic heterocycles. The first-order chi connectivity index (χ1) is 22.7. The first-order valence-corrected chi connectivity index (χ1v) is 17.7. The second kappa shape index (κ2) is 13.4. The van der Waals surface area contributed by atoms with E-state index < -0.39 is 11.7 Å². The summed E-state index contributed by atoms with van der Waals surface area (Å²) in [5.74, 6) is 0.525. The lowest BCUT2D eigenvalue weighted by Crippen LogP contribution is -2.53. The lowest BCUT2D eigenvalue weighted by Gasteiger charge is -2.43. The van der Waals surface area contributed by atoms with Crippen molar-refractivity contribution in [2.24, 2.45) is 5.41 Å². The SMILES string of the molecule is CN1CCC(N2CCN(c3ccc(Nc4ncc(C(F)(F)F)c(NCC5(CN6CCCCCC6=O)CC5)n4)c(C4CC4)c3)CC2)CC1. The Morgan fingerprint density at radius 2 is 1.72 bits per heavy atom. The Bertz CT molecular complexity index is 1410. The molecule has 5 aliphatic rings. The molecule has 47 heavy (non-hydrogen) atoms. The van der Waals surface area contributed by atoms with Crippen molar-refractivity contribution < 1.29 is 18.0 Å². The second-order valence-electron chi connectivity index (χ2n) is 14.7. The van der Waals surface area contributed by atoms with Crippen LogP contribution in [0.1, 0.15) is 81.3 Å². The molecule has 2 N–H and O–H groups in total. The van der Waals surface area contributed by atoms with E-state index >= 15 is 0 Å². The van der Waals surface area contributed by atoms with Gasteiger partial charge in [0, 0.05) is 81.3 Å². The van der Waals surface area contributed by atoms with Crippen molar-refractivity contribution in [3.8, 4) is 0 Å². The third kappa shape index (κ3) is 7.80. The van der Waals surface area contributed by atoms with Gasteiger partial charge in [0.2, 0.25) is 11.9 Å². The summed E-state index contributed by atoms with van der Waals surface area (Å²) in [6, 6.07) is 7.10. The van der Waals surface area contributed by atoms with Crippen LogP contribution in [0.25, 0.3) is 0 Å². The molecule has 2 aromatic rings. The van der Waals surface area contributed by atoms with Gasteiger partial charge >= 0.3 is 6.18 Å². The number of benzene rings is 1. The van der Waals surface area contributed by atoms with Crippen LogP contribution in [0.15, 0.2) is 24.4 Å². The number of piperidine rings is 1. The van der Waals surface area contributed by atoms with Crippen LogP contribution in [0, 0.1) is 5.41 Å². The molecule has 0 atom stereocenters. The fourth-order valence-electron chi connectivity index (χ4n) is 7.65. The van der Waals surface area contributed by atoms with Gasteiger partial charge in [0.25, 0.3) is 0 Å². The van der Waals surface area contributed by atoms with Crippen LogP contribution in [0.3, 0.4) is 0 Å². The van der Waals surface area contributed by atoms with Gasteiger partial charge in [-0.05, 0) is 101 Å². The molecule has 7 rings (SSSR count). The fourth-order valence-corrected chi connectivity index (χ4v) is 7.65. The average Bonchev–Trinajstić information content (AvgIpc) is 3.99. The van der Waals surface area contributed by atoms with Crippen LogP contribution >= 0.6 is 0 Å². The summed E-state index contributed by atoms with van der Waals surface area (Å²) >= 11 is 0. The van der Waals surface area contributed by atoms with Gasteiger partial charge in [-0.25, -0.2) is 4.98 Å². The van der Waals surface area contributed by atoms with E-state index in [1.165, 1.54) is 37.2 Å². The van der Waals surface area contributed by atoms with Crippen molar-refractivity contribution in [1.82, 2.24) is 24.7 Å². The number of likely N-dealkylation sites (tertiary alicyclic amines) is 2. The number of rotatable bonds is 10. The van der Waals surface area contributed by atoms with E-state index in [1.807, 2.05) is 11.0 Å². The topological polar surface area (TPSA) is 79.9 Å². The minimum absolute atomic E-state index is 0.148. The van der Waals surface area contributed by atoms with Crippen LogP contribution in [-0.4, -0.2) is 103 Å². The molecule has 9 nitrogen and oxygen atoms in total. The van der Waals surface area contributed by atoms with Gasteiger partial charge in [0.1, 0.15) is 11.4 Å².